The minimum absolute atomic E-state index is 0.135. The van der Waals surface area contributed by atoms with Gasteiger partial charge in [-0.05, 0) is 68.2 Å². The number of aryl methyl sites for hydroxylation is 1. The maximum absolute atomic E-state index is 15.1. The summed E-state index contributed by atoms with van der Waals surface area (Å²) in [7, 11) is 0. The predicted octanol–water partition coefficient (Wildman–Crippen LogP) is 4.85. The van der Waals surface area contributed by atoms with Crippen LogP contribution in [0.1, 0.15) is 35.2 Å². The van der Waals surface area contributed by atoms with E-state index in [0.717, 1.165) is 6.42 Å². The summed E-state index contributed by atoms with van der Waals surface area (Å²) in [4.78, 5) is 40.6. The quantitative estimate of drug-likeness (QED) is 0.414. The van der Waals surface area contributed by atoms with Gasteiger partial charge in [0.2, 0.25) is 0 Å². The lowest BCUT2D eigenvalue weighted by Crippen LogP contribution is -2.55. The summed E-state index contributed by atoms with van der Waals surface area (Å²) in [5, 5.41) is 4.85. The fraction of sp³-hybridized carbons (Fsp3) is 0.217. The van der Waals surface area contributed by atoms with Gasteiger partial charge in [-0.2, -0.15) is 0 Å². The van der Waals surface area contributed by atoms with Crippen LogP contribution >= 0.6 is 23.6 Å². The minimum atomic E-state index is -0.902. The third kappa shape index (κ3) is 3.34. The smallest absolute Gasteiger partial charge is 0.272 e. The van der Waals surface area contributed by atoms with Crippen molar-refractivity contribution in [2.45, 2.75) is 31.7 Å². The lowest BCUT2D eigenvalue weighted by Gasteiger charge is -2.43. The van der Waals surface area contributed by atoms with Gasteiger partial charge in [0.05, 0.1) is 11.3 Å². The van der Waals surface area contributed by atoms with Crippen molar-refractivity contribution >= 4 is 62.8 Å². The number of carbonyl (C=O) groups excluding carboxylic acids is 2. The van der Waals surface area contributed by atoms with Crippen LogP contribution in [-0.4, -0.2) is 32.4 Å². The van der Waals surface area contributed by atoms with Crippen LogP contribution in [0.5, 0.6) is 0 Å². The Labute approximate surface area is 203 Å². The summed E-state index contributed by atoms with van der Waals surface area (Å²) in [5.74, 6) is -1.29. The molecule has 8 nitrogen and oxygen atoms in total. The molecule has 2 fully saturated rings. The first-order chi connectivity index (χ1) is 16.4. The molecule has 1 spiro atoms. The van der Waals surface area contributed by atoms with Crippen molar-refractivity contribution in [2.24, 2.45) is 0 Å². The Kier molecular flexibility index (Phi) is 5.34. The number of hydrogen-bond acceptors (Lipinski definition) is 6. The van der Waals surface area contributed by atoms with E-state index in [-0.39, 0.29) is 22.4 Å². The van der Waals surface area contributed by atoms with E-state index < -0.39 is 17.3 Å². The Hall–Kier alpha value is -3.75. The molecular formula is C23H17FN6O2S2. The largest absolute Gasteiger partial charge is 0.360 e. The van der Waals surface area contributed by atoms with Gasteiger partial charge in [0.15, 0.2) is 10.2 Å². The van der Waals surface area contributed by atoms with E-state index in [1.807, 2.05) is 0 Å². The molecule has 3 heterocycles. The highest BCUT2D eigenvalue weighted by molar-refractivity contribution is 7.81. The van der Waals surface area contributed by atoms with Crippen LogP contribution in [0.25, 0.3) is 4.85 Å². The Bertz CT molecular complexity index is 1380. The number of hydrogen-bond donors (Lipinski definition) is 1. The number of thiazole rings is 1. The van der Waals surface area contributed by atoms with Crippen LogP contribution in [0.2, 0.25) is 0 Å². The van der Waals surface area contributed by atoms with Crippen molar-refractivity contribution in [2.75, 3.05) is 15.1 Å². The number of nitrogens with zero attached hydrogens (tertiary/aromatic N) is 5. The summed E-state index contributed by atoms with van der Waals surface area (Å²) in [6.45, 7) is 8.94. The van der Waals surface area contributed by atoms with E-state index in [0.29, 0.717) is 34.9 Å². The van der Waals surface area contributed by atoms with Crippen molar-refractivity contribution in [3.05, 3.63) is 70.4 Å². The average molecular weight is 493 g/mol. The average Bonchev–Trinajstić information content (AvgIpc) is 3.36. The number of benzene rings is 1. The summed E-state index contributed by atoms with van der Waals surface area (Å²) < 4.78 is 15.1. The van der Waals surface area contributed by atoms with E-state index in [2.05, 4.69) is 20.1 Å². The fourth-order valence-electron chi connectivity index (χ4n) is 4.28. The van der Waals surface area contributed by atoms with Crippen LogP contribution in [0, 0.1) is 19.3 Å². The molecule has 170 valence electrons. The molecular weight excluding hydrogens is 475 g/mol. The Morgan fingerprint density at radius 3 is 2.68 bits per heavy atom. The molecule has 3 aromatic rings. The van der Waals surface area contributed by atoms with Gasteiger partial charge in [0.25, 0.3) is 17.6 Å². The highest BCUT2D eigenvalue weighted by Crippen LogP contribution is 2.48. The van der Waals surface area contributed by atoms with Gasteiger partial charge in [-0.15, -0.1) is 16.3 Å². The van der Waals surface area contributed by atoms with Gasteiger partial charge in [-0.25, -0.2) is 9.37 Å². The Balaban J connectivity index is 1.49. The number of halogens is 1. The first-order valence-electron chi connectivity index (χ1n) is 10.4. The second-order valence-corrected chi connectivity index (χ2v) is 9.30. The molecule has 1 aromatic carbocycles. The summed E-state index contributed by atoms with van der Waals surface area (Å²) in [5.41, 5.74) is 0.454. The lowest BCUT2D eigenvalue weighted by atomic mass is 9.75. The second kappa shape index (κ2) is 8.23. The zero-order valence-electron chi connectivity index (χ0n) is 17.9. The summed E-state index contributed by atoms with van der Waals surface area (Å²) in [6.07, 6.45) is 4.98. The SMILES string of the molecule is [C-]#[N+]c1ncc(N2C(=O)C3(CCC3)N(c3ccc(C(=O)Nc4nccs4)c(F)c3)C2=S)cc1C. The Morgan fingerprint density at radius 2 is 2.09 bits per heavy atom. The first kappa shape index (κ1) is 22.1. The van der Waals surface area contributed by atoms with E-state index >= 15 is 4.39 Å². The molecule has 1 aliphatic heterocycles. The summed E-state index contributed by atoms with van der Waals surface area (Å²) in [6, 6.07) is 5.90. The van der Waals surface area contributed by atoms with Crippen molar-refractivity contribution in [1.82, 2.24) is 9.97 Å². The number of nitrogens with one attached hydrogen (secondary N) is 1. The molecule has 1 saturated heterocycles. The van der Waals surface area contributed by atoms with Crippen LogP contribution in [0.4, 0.5) is 26.7 Å². The maximum atomic E-state index is 15.1. The van der Waals surface area contributed by atoms with Gasteiger partial charge in [-0.1, -0.05) is 6.57 Å². The molecule has 0 bridgehead atoms. The van der Waals surface area contributed by atoms with Crippen molar-refractivity contribution in [3.63, 3.8) is 0 Å². The molecule has 2 aromatic heterocycles. The van der Waals surface area contributed by atoms with Crippen molar-refractivity contribution in [3.8, 4) is 0 Å². The van der Waals surface area contributed by atoms with Crippen LogP contribution in [0.15, 0.2) is 42.0 Å². The second-order valence-electron chi connectivity index (χ2n) is 8.05. The highest BCUT2D eigenvalue weighted by Gasteiger charge is 2.59. The lowest BCUT2D eigenvalue weighted by molar-refractivity contribution is -0.123. The van der Waals surface area contributed by atoms with Crippen molar-refractivity contribution in [1.29, 1.82) is 0 Å². The number of carbonyl (C=O) groups is 2. The molecule has 0 radical (unpaired) electrons. The van der Waals surface area contributed by atoms with E-state index in [1.165, 1.54) is 34.6 Å². The zero-order valence-corrected chi connectivity index (χ0v) is 19.5. The number of amides is 2. The van der Waals surface area contributed by atoms with Crippen molar-refractivity contribution < 1.29 is 14.0 Å². The van der Waals surface area contributed by atoms with Gasteiger partial charge < -0.3 is 9.74 Å². The van der Waals surface area contributed by atoms with Crippen LogP contribution in [0.3, 0.4) is 0 Å². The number of aromatic nitrogens is 2. The molecule has 5 rings (SSSR count). The number of pyridine rings is 1. The van der Waals surface area contributed by atoms with Gasteiger partial charge >= 0.3 is 0 Å². The van der Waals surface area contributed by atoms with Gasteiger partial charge in [0.1, 0.15) is 17.6 Å². The molecule has 1 aliphatic carbocycles. The van der Waals surface area contributed by atoms with E-state index in [1.54, 1.807) is 35.5 Å². The molecule has 0 unspecified atom stereocenters. The third-order valence-electron chi connectivity index (χ3n) is 6.10. The fourth-order valence-corrected chi connectivity index (χ4v) is 5.27. The van der Waals surface area contributed by atoms with Crippen LogP contribution < -0.4 is 15.1 Å². The number of anilines is 3. The van der Waals surface area contributed by atoms with Gasteiger partial charge in [-0.3, -0.25) is 19.8 Å². The molecule has 34 heavy (non-hydrogen) atoms. The molecule has 2 amide bonds. The van der Waals surface area contributed by atoms with Crippen LogP contribution in [-0.2, 0) is 4.79 Å². The molecule has 1 saturated carbocycles. The Morgan fingerprint density at radius 1 is 1.29 bits per heavy atom. The molecule has 1 N–H and O–H groups in total. The van der Waals surface area contributed by atoms with E-state index in [9.17, 15) is 9.59 Å². The monoisotopic (exact) mass is 492 g/mol. The predicted molar refractivity (Wildman–Crippen MR) is 131 cm³/mol. The number of thiocarbonyl (C=S) groups is 1. The zero-order chi connectivity index (χ0) is 24.0. The van der Waals surface area contributed by atoms with Gasteiger partial charge in [0, 0.05) is 17.3 Å². The maximum Gasteiger partial charge on any atom is 0.272 e. The standard InChI is InChI=1S/C23H17FN6O2S2/c1-13-10-15(12-27-18(13)25-2)29-20(32)23(6-3-7-23)30(22(29)33)14-4-5-16(17(24)11-14)19(31)28-21-26-8-9-34-21/h4-5,8-12H,3,6-7H2,1H3,(H,26,28,31). The topological polar surface area (TPSA) is 82.8 Å². The normalized spacial score (nSPS) is 16.5. The molecule has 2 aliphatic rings. The highest BCUT2D eigenvalue weighted by atomic mass is 32.1. The minimum Gasteiger partial charge on any atom is -0.360 e. The number of rotatable bonds is 4. The summed E-state index contributed by atoms with van der Waals surface area (Å²) >= 11 is 6.93. The third-order valence-corrected chi connectivity index (χ3v) is 7.15. The van der Waals surface area contributed by atoms with E-state index in [4.69, 9.17) is 18.8 Å². The molecule has 0 atom stereocenters. The molecule has 11 heteroatoms. The first-order valence-corrected chi connectivity index (χ1v) is 11.7.